The van der Waals surface area contributed by atoms with Crippen LogP contribution in [0.1, 0.15) is 70.4 Å². The fourth-order valence-electron chi connectivity index (χ4n) is 3.33. The zero-order valence-corrected chi connectivity index (χ0v) is 15.8. The fourth-order valence-corrected chi connectivity index (χ4v) is 3.33. The van der Waals surface area contributed by atoms with Crippen molar-refractivity contribution in [3.05, 3.63) is 11.6 Å². The van der Waals surface area contributed by atoms with Crippen molar-refractivity contribution in [2.45, 2.75) is 78.3 Å². The lowest BCUT2D eigenvalue weighted by Crippen LogP contribution is -2.42. The molecule has 1 heterocycles. The van der Waals surface area contributed by atoms with E-state index in [1.807, 2.05) is 18.5 Å². The topological polar surface area (TPSA) is 67.1 Å². The molecule has 1 aromatic rings. The smallest absolute Gasteiger partial charge is 0.191 e. The standard InChI is InChI=1S/C18H34N6/c1-5-19-18(20-13-17-23-22-15(3)24(17)4)21-14(2)11-12-16-9-7-6-8-10-16/h14,16H,5-13H2,1-4H3,(H2,19,20,21). The number of guanidine groups is 1. The molecule has 24 heavy (non-hydrogen) atoms. The van der Waals surface area contributed by atoms with Gasteiger partial charge in [-0.25, -0.2) is 4.99 Å². The van der Waals surface area contributed by atoms with E-state index in [-0.39, 0.29) is 0 Å². The molecule has 1 unspecified atom stereocenters. The van der Waals surface area contributed by atoms with E-state index in [0.717, 1.165) is 30.1 Å². The summed E-state index contributed by atoms with van der Waals surface area (Å²) >= 11 is 0. The molecule has 0 bridgehead atoms. The summed E-state index contributed by atoms with van der Waals surface area (Å²) in [5.74, 6) is 3.61. The molecule has 1 atom stereocenters. The maximum atomic E-state index is 4.66. The van der Waals surface area contributed by atoms with Gasteiger partial charge in [0.15, 0.2) is 11.8 Å². The van der Waals surface area contributed by atoms with Gasteiger partial charge in [-0.3, -0.25) is 0 Å². The third-order valence-corrected chi connectivity index (χ3v) is 5.02. The Bertz CT molecular complexity index is 516. The van der Waals surface area contributed by atoms with Crippen molar-refractivity contribution in [2.75, 3.05) is 6.54 Å². The normalized spacial score (nSPS) is 17.8. The van der Waals surface area contributed by atoms with Crippen molar-refractivity contribution >= 4 is 5.96 Å². The first-order valence-electron chi connectivity index (χ1n) is 9.49. The SMILES string of the molecule is CCNC(=NCc1nnc(C)n1C)NC(C)CCC1CCCCC1. The molecule has 1 aliphatic carbocycles. The lowest BCUT2D eigenvalue weighted by atomic mass is 9.85. The average Bonchev–Trinajstić information content (AvgIpc) is 2.91. The number of hydrogen-bond acceptors (Lipinski definition) is 3. The van der Waals surface area contributed by atoms with Crippen LogP contribution in [-0.4, -0.2) is 33.3 Å². The van der Waals surface area contributed by atoms with Gasteiger partial charge in [0.25, 0.3) is 0 Å². The second-order valence-electron chi connectivity index (χ2n) is 7.04. The van der Waals surface area contributed by atoms with Gasteiger partial charge in [0.2, 0.25) is 0 Å². The monoisotopic (exact) mass is 334 g/mol. The first kappa shape index (κ1) is 18.7. The van der Waals surface area contributed by atoms with Crippen LogP contribution in [0, 0.1) is 12.8 Å². The molecule has 6 nitrogen and oxygen atoms in total. The second kappa shape index (κ2) is 9.64. The molecule has 136 valence electrons. The van der Waals surface area contributed by atoms with Crippen molar-refractivity contribution in [1.82, 2.24) is 25.4 Å². The first-order chi connectivity index (χ1) is 11.6. The number of aryl methyl sites for hydroxylation is 1. The van der Waals surface area contributed by atoms with Crippen molar-refractivity contribution in [2.24, 2.45) is 18.0 Å². The molecule has 1 saturated carbocycles. The van der Waals surface area contributed by atoms with Gasteiger partial charge in [-0.1, -0.05) is 32.1 Å². The Kier molecular flexibility index (Phi) is 7.53. The predicted molar refractivity (Wildman–Crippen MR) is 99.0 cm³/mol. The van der Waals surface area contributed by atoms with Gasteiger partial charge in [-0.2, -0.15) is 0 Å². The fraction of sp³-hybridized carbons (Fsp3) is 0.833. The molecule has 0 spiro atoms. The predicted octanol–water partition coefficient (Wildman–Crippen LogP) is 2.93. The van der Waals surface area contributed by atoms with Crippen molar-refractivity contribution in [3.63, 3.8) is 0 Å². The van der Waals surface area contributed by atoms with Crippen molar-refractivity contribution in [3.8, 4) is 0 Å². The molecule has 0 saturated heterocycles. The lowest BCUT2D eigenvalue weighted by molar-refractivity contribution is 0.322. The average molecular weight is 335 g/mol. The molecular weight excluding hydrogens is 300 g/mol. The highest BCUT2D eigenvalue weighted by molar-refractivity contribution is 5.79. The van der Waals surface area contributed by atoms with Crippen LogP contribution in [0.3, 0.4) is 0 Å². The molecule has 1 aliphatic rings. The number of hydrogen-bond donors (Lipinski definition) is 2. The Morgan fingerprint density at radius 1 is 1.29 bits per heavy atom. The van der Waals surface area contributed by atoms with Crippen LogP contribution in [0.25, 0.3) is 0 Å². The van der Waals surface area contributed by atoms with E-state index in [4.69, 9.17) is 0 Å². The van der Waals surface area contributed by atoms with E-state index in [9.17, 15) is 0 Å². The Hall–Kier alpha value is -1.59. The minimum absolute atomic E-state index is 0.436. The maximum absolute atomic E-state index is 4.66. The lowest BCUT2D eigenvalue weighted by Gasteiger charge is -2.24. The number of nitrogens with zero attached hydrogens (tertiary/aromatic N) is 4. The Morgan fingerprint density at radius 2 is 2.04 bits per heavy atom. The van der Waals surface area contributed by atoms with E-state index in [1.54, 1.807) is 0 Å². The summed E-state index contributed by atoms with van der Waals surface area (Å²) in [4.78, 5) is 4.66. The van der Waals surface area contributed by atoms with Crippen molar-refractivity contribution < 1.29 is 0 Å². The highest BCUT2D eigenvalue weighted by Gasteiger charge is 2.15. The summed E-state index contributed by atoms with van der Waals surface area (Å²) in [6.45, 7) is 7.70. The number of aliphatic imine (C=N–C) groups is 1. The molecular formula is C18H34N6. The van der Waals surface area contributed by atoms with E-state index in [2.05, 4.69) is 39.7 Å². The van der Waals surface area contributed by atoms with Crippen LogP contribution >= 0.6 is 0 Å². The molecule has 6 heteroatoms. The summed E-state index contributed by atoms with van der Waals surface area (Å²) in [7, 11) is 1.98. The summed E-state index contributed by atoms with van der Waals surface area (Å²) in [5.41, 5.74) is 0. The van der Waals surface area contributed by atoms with Crippen LogP contribution in [0.15, 0.2) is 4.99 Å². The third kappa shape index (κ3) is 5.80. The number of nitrogens with one attached hydrogen (secondary N) is 2. The third-order valence-electron chi connectivity index (χ3n) is 5.02. The van der Waals surface area contributed by atoms with Gasteiger partial charge in [-0.15, -0.1) is 10.2 Å². The largest absolute Gasteiger partial charge is 0.357 e. The van der Waals surface area contributed by atoms with Gasteiger partial charge in [0.1, 0.15) is 12.4 Å². The summed E-state index contributed by atoms with van der Waals surface area (Å²) in [6.07, 6.45) is 9.66. The Balaban J connectivity index is 1.82. The first-order valence-corrected chi connectivity index (χ1v) is 9.49. The van der Waals surface area contributed by atoms with Crippen LogP contribution < -0.4 is 10.6 Å². The highest BCUT2D eigenvalue weighted by atomic mass is 15.3. The molecule has 2 rings (SSSR count). The zero-order valence-electron chi connectivity index (χ0n) is 15.8. The summed E-state index contributed by atoms with van der Waals surface area (Å²) in [6, 6.07) is 0.436. The molecule has 2 N–H and O–H groups in total. The summed E-state index contributed by atoms with van der Waals surface area (Å²) in [5, 5.41) is 15.1. The van der Waals surface area contributed by atoms with E-state index in [1.165, 1.54) is 44.9 Å². The van der Waals surface area contributed by atoms with Crippen LogP contribution in [-0.2, 0) is 13.6 Å². The molecule has 0 radical (unpaired) electrons. The van der Waals surface area contributed by atoms with E-state index >= 15 is 0 Å². The highest BCUT2D eigenvalue weighted by Crippen LogP contribution is 2.27. The van der Waals surface area contributed by atoms with Crippen LogP contribution in [0.5, 0.6) is 0 Å². The zero-order chi connectivity index (χ0) is 17.4. The number of aromatic nitrogens is 3. The van der Waals surface area contributed by atoms with Gasteiger partial charge in [0.05, 0.1) is 0 Å². The number of rotatable bonds is 7. The van der Waals surface area contributed by atoms with Crippen LogP contribution in [0.2, 0.25) is 0 Å². The quantitative estimate of drug-likeness (QED) is 0.594. The Morgan fingerprint density at radius 3 is 2.67 bits per heavy atom. The second-order valence-corrected chi connectivity index (χ2v) is 7.04. The molecule has 0 aromatic carbocycles. The van der Waals surface area contributed by atoms with Gasteiger partial charge in [0, 0.05) is 19.6 Å². The van der Waals surface area contributed by atoms with E-state index < -0.39 is 0 Å². The maximum Gasteiger partial charge on any atom is 0.191 e. The minimum Gasteiger partial charge on any atom is -0.357 e. The van der Waals surface area contributed by atoms with E-state index in [0.29, 0.717) is 12.6 Å². The molecule has 0 amide bonds. The van der Waals surface area contributed by atoms with Crippen LogP contribution in [0.4, 0.5) is 0 Å². The summed E-state index contributed by atoms with van der Waals surface area (Å²) < 4.78 is 1.99. The molecule has 1 aromatic heterocycles. The Labute approximate surface area is 146 Å². The minimum atomic E-state index is 0.436. The molecule has 1 fully saturated rings. The van der Waals surface area contributed by atoms with Crippen molar-refractivity contribution in [1.29, 1.82) is 0 Å². The van der Waals surface area contributed by atoms with Gasteiger partial charge in [-0.05, 0) is 39.5 Å². The molecule has 0 aliphatic heterocycles. The van der Waals surface area contributed by atoms with Gasteiger partial charge < -0.3 is 15.2 Å². The van der Waals surface area contributed by atoms with Gasteiger partial charge >= 0.3 is 0 Å².